The minimum Gasteiger partial charge on any atom is -0.376 e. The van der Waals surface area contributed by atoms with Crippen LogP contribution in [0.1, 0.15) is 57.8 Å². The average molecular weight is 471 g/mol. The lowest BCUT2D eigenvalue weighted by atomic mass is 9.71. The summed E-state index contributed by atoms with van der Waals surface area (Å²) in [6, 6.07) is -0.629. The first-order valence-corrected chi connectivity index (χ1v) is 12.4. The maximum absolute atomic E-state index is 12.0. The van der Waals surface area contributed by atoms with Crippen molar-refractivity contribution >= 4 is 0 Å². The maximum atomic E-state index is 12.0. The SMILES string of the molecule is C#CCC1([C@H](C(O)N2C(O)O[C@@H](C3CCCCC3)C23CC3)N2C=C([N+](=O)[O-])NC2)C=CC=CC1. The van der Waals surface area contributed by atoms with Crippen LogP contribution < -0.4 is 5.32 Å². The number of nitrogens with one attached hydrogen (secondary N) is 1. The zero-order chi connectivity index (χ0) is 23.9. The fourth-order valence-electron chi connectivity index (χ4n) is 6.73. The third-order valence-electron chi connectivity index (χ3n) is 8.44. The number of hydrogen-bond acceptors (Lipinski definition) is 8. The van der Waals surface area contributed by atoms with Crippen LogP contribution in [0.4, 0.5) is 0 Å². The van der Waals surface area contributed by atoms with Crippen molar-refractivity contribution < 1.29 is 19.9 Å². The van der Waals surface area contributed by atoms with Gasteiger partial charge in [-0.05, 0) is 42.9 Å². The summed E-state index contributed by atoms with van der Waals surface area (Å²) in [7, 11) is 0. The van der Waals surface area contributed by atoms with Crippen LogP contribution in [-0.4, -0.2) is 61.9 Å². The number of nitrogens with zero attached hydrogens (tertiary/aromatic N) is 3. The molecule has 5 rings (SSSR count). The van der Waals surface area contributed by atoms with E-state index in [1.165, 1.54) is 12.6 Å². The molecule has 5 atom stereocenters. The van der Waals surface area contributed by atoms with Crippen LogP contribution in [0.15, 0.2) is 36.3 Å². The van der Waals surface area contributed by atoms with Gasteiger partial charge in [0.25, 0.3) is 0 Å². The Morgan fingerprint density at radius 3 is 2.68 bits per heavy atom. The molecule has 0 aromatic rings. The standard InChI is InChI=1S/C25H34N4O5/c1-2-11-24(12-7-4-8-13-24)20(27-16-19(26-17-27)29(32)33)22(30)28-23(31)34-21(25(28)14-15-25)18-9-5-3-6-10-18/h1,4,7-8,12,16,18,20-23,26,30-31H,3,5-6,9-11,13-15,17H2/t20-,21-,22?,23?,24?/m0/s1. The summed E-state index contributed by atoms with van der Waals surface area (Å²) < 4.78 is 6.16. The molecule has 9 nitrogen and oxygen atoms in total. The number of allylic oxidation sites excluding steroid dienone is 3. The molecular weight excluding hydrogens is 436 g/mol. The molecule has 0 bridgehead atoms. The Balaban J connectivity index is 1.50. The van der Waals surface area contributed by atoms with Gasteiger partial charge in [0.15, 0.2) is 6.67 Å². The molecule has 34 heavy (non-hydrogen) atoms. The first-order valence-electron chi connectivity index (χ1n) is 12.4. The van der Waals surface area contributed by atoms with Gasteiger partial charge >= 0.3 is 5.82 Å². The largest absolute Gasteiger partial charge is 0.376 e. The van der Waals surface area contributed by atoms with Crippen LogP contribution in [0, 0.1) is 33.8 Å². The Morgan fingerprint density at radius 1 is 1.32 bits per heavy atom. The van der Waals surface area contributed by atoms with Gasteiger partial charge in [-0.25, -0.2) is 4.90 Å². The van der Waals surface area contributed by atoms with Crippen molar-refractivity contribution in [3.63, 3.8) is 0 Å². The van der Waals surface area contributed by atoms with Crippen molar-refractivity contribution in [1.29, 1.82) is 0 Å². The fraction of sp³-hybridized carbons (Fsp3) is 0.680. The molecule has 1 spiro atoms. The van der Waals surface area contributed by atoms with Crippen LogP contribution in [0.25, 0.3) is 0 Å². The van der Waals surface area contributed by atoms with E-state index in [-0.39, 0.29) is 18.6 Å². The van der Waals surface area contributed by atoms with Gasteiger partial charge in [0.2, 0.25) is 6.41 Å². The van der Waals surface area contributed by atoms with Crippen molar-refractivity contribution in [3.8, 4) is 12.3 Å². The molecule has 5 aliphatic rings. The lowest BCUT2D eigenvalue weighted by Crippen LogP contribution is -2.62. The number of nitro groups is 1. The molecule has 2 aliphatic heterocycles. The zero-order valence-corrected chi connectivity index (χ0v) is 19.4. The number of aliphatic hydroxyl groups excluding tert-OH is 2. The Bertz CT molecular complexity index is 932. The van der Waals surface area contributed by atoms with Crippen LogP contribution in [0.3, 0.4) is 0 Å². The van der Waals surface area contributed by atoms with E-state index in [9.17, 15) is 20.3 Å². The predicted molar refractivity (Wildman–Crippen MR) is 125 cm³/mol. The first-order chi connectivity index (χ1) is 16.4. The Hall–Kier alpha value is -2.38. The summed E-state index contributed by atoms with van der Waals surface area (Å²) in [5.41, 5.74) is -1.07. The van der Waals surface area contributed by atoms with Gasteiger partial charge in [-0.2, -0.15) is 0 Å². The minimum atomic E-state index is -1.23. The normalized spacial score (nSPS) is 34.5. The van der Waals surface area contributed by atoms with Gasteiger partial charge in [0.1, 0.15) is 6.23 Å². The zero-order valence-electron chi connectivity index (χ0n) is 19.4. The van der Waals surface area contributed by atoms with Gasteiger partial charge in [-0.3, -0.25) is 5.32 Å². The highest BCUT2D eigenvalue weighted by Gasteiger charge is 2.67. The molecule has 3 unspecified atom stereocenters. The molecule has 3 fully saturated rings. The number of rotatable bonds is 7. The van der Waals surface area contributed by atoms with Gasteiger partial charge < -0.3 is 30.0 Å². The molecule has 0 aromatic heterocycles. The van der Waals surface area contributed by atoms with E-state index in [4.69, 9.17) is 11.2 Å². The smallest absolute Gasteiger partial charge is 0.333 e. The van der Waals surface area contributed by atoms with Crippen LogP contribution >= 0.6 is 0 Å². The van der Waals surface area contributed by atoms with Crippen LogP contribution in [0.5, 0.6) is 0 Å². The third-order valence-corrected chi connectivity index (χ3v) is 8.44. The van der Waals surface area contributed by atoms with Crippen molar-refractivity contribution in [1.82, 2.24) is 15.1 Å². The molecule has 1 saturated heterocycles. The summed E-state index contributed by atoms with van der Waals surface area (Å²) >= 11 is 0. The number of ether oxygens (including phenoxy) is 1. The average Bonchev–Trinajstić information content (AvgIpc) is 3.34. The Labute approximate surface area is 200 Å². The summed E-state index contributed by atoms with van der Waals surface area (Å²) in [5.74, 6) is 3.01. The second-order valence-corrected chi connectivity index (χ2v) is 10.4. The van der Waals surface area contributed by atoms with Crippen molar-refractivity contribution in [3.05, 3.63) is 46.4 Å². The molecule has 184 valence electrons. The summed E-state index contributed by atoms with van der Waals surface area (Å²) in [5, 5.41) is 37.3. The molecule has 9 heteroatoms. The van der Waals surface area contributed by atoms with Crippen LogP contribution in [0.2, 0.25) is 0 Å². The lowest BCUT2D eigenvalue weighted by molar-refractivity contribution is -0.430. The summed E-state index contributed by atoms with van der Waals surface area (Å²) in [6.45, 7) is 0.172. The third kappa shape index (κ3) is 3.83. The summed E-state index contributed by atoms with van der Waals surface area (Å²) in [4.78, 5) is 14.4. The Kier molecular flexibility index (Phi) is 6.19. The van der Waals surface area contributed by atoms with Gasteiger partial charge in [-0.1, -0.05) is 43.6 Å². The minimum absolute atomic E-state index is 0.120. The maximum Gasteiger partial charge on any atom is 0.333 e. The monoisotopic (exact) mass is 470 g/mol. The van der Waals surface area contributed by atoms with Crippen LogP contribution in [-0.2, 0) is 4.74 Å². The van der Waals surface area contributed by atoms with E-state index in [2.05, 4.69) is 11.2 Å². The molecule has 0 radical (unpaired) electrons. The molecule has 0 aromatic carbocycles. The predicted octanol–water partition coefficient (Wildman–Crippen LogP) is 2.23. The molecule has 3 N–H and O–H groups in total. The van der Waals surface area contributed by atoms with Gasteiger partial charge in [0.05, 0.1) is 23.9 Å². The molecule has 3 aliphatic carbocycles. The second kappa shape index (κ2) is 9.00. The number of terminal acetylenes is 1. The highest BCUT2D eigenvalue weighted by Crippen LogP contribution is 2.57. The fourth-order valence-corrected chi connectivity index (χ4v) is 6.73. The number of hydrogen-bond donors (Lipinski definition) is 3. The lowest BCUT2D eigenvalue weighted by Gasteiger charge is -2.48. The quantitative estimate of drug-likeness (QED) is 0.295. The topological polar surface area (TPSA) is 111 Å². The highest BCUT2D eigenvalue weighted by molar-refractivity contribution is 5.25. The Morgan fingerprint density at radius 2 is 2.09 bits per heavy atom. The van der Waals surface area contributed by atoms with E-state index in [0.29, 0.717) is 18.8 Å². The highest BCUT2D eigenvalue weighted by atomic mass is 16.7. The van der Waals surface area contributed by atoms with E-state index < -0.39 is 34.6 Å². The first kappa shape index (κ1) is 23.4. The molecule has 2 heterocycles. The number of aliphatic hydroxyl groups is 2. The molecule has 2 saturated carbocycles. The molecule has 0 amide bonds. The van der Waals surface area contributed by atoms with Crippen molar-refractivity contribution in [2.75, 3.05) is 6.67 Å². The van der Waals surface area contributed by atoms with Crippen molar-refractivity contribution in [2.24, 2.45) is 11.3 Å². The van der Waals surface area contributed by atoms with Crippen molar-refractivity contribution in [2.45, 2.75) is 88.1 Å². The molecular formula is C25H34N4O5. The van der Waals surface area contributed by atoms with E-state index >= 15 is 0 Å². The second-order valence-electron chi connectivity index (χ2n) is 10.4. The van der Waals surface area contributed by atoms with Gasteiger partial charge in [-0.15, -0.1) is 12.3 Å². The summed E-state index contributed by atoms with van der Waals surface area (Å²) in [6.07, 6.45) is 20.9. The van der Waals surface area contributed by atoms with Gasteiger partial charge in [0, 0.05) is 11.8 Å². The van der Waals surface area contributed by atoms with E-state index in [1.54, 1.807) is 9.80 Å². The van der Waals surface area contributed by atoms with E-state index in [1.807, 2.05) is 24.3 Å². The van der Waals surface area contributed by atoms with E-state index in [0.717, 1.165) is 38.5 Å².